The summed E-state index contributed by atoms with van der Waals surface area (Å²) in [6.07, 6.45) is -1.99. The third kappa shape index (κ3) is 4.18. The van der Waals surface area contributed by atoms with Gasteiger partial charge in [-0.3, -0.25) is 15.0 Å². The normalized spacial score (nSPS) is 15.6. The van der Waals surface area contributed by atoms with Crippen LogP contribution in [0.2, 0.25) is 0 Å². The van der Waals surface area contributed by atoms with Crippen molar-refractivity contribution in [1.29, 1.82) is 0 Å². The van der Waals surface area contributed by atoms with Gasteiger partial charge >= 0.3 is 6.09 Å². The maximum atomic E-state index is 13.4. The van der Waals surface area contributed by atoms with E-state index in [1.165, 1.54) is 4.90 Å². The SMILES string of the molecule is O=C(NC1N=C(Cl)c2ccccc2N(c2ccccc2)C1=O)OCc1ccccc1. The number of hydrogen-bond acceptors (Lipinski definition) is 4. The van der Waals surface area contributed by atoms with E-state index in [0.717, 1.165) is 5.56 Å². The van der Waals surface area contributed by atoms with E-state index in [9.17, 15) is 9.59 Å². The second-order valence-electron chi connectivity index (χ2n) is 6.55. The summed E-state index contributed by atoms with van der Waals surface area (Å²) >= 11 is 6.40. The van der Waals surface area contributed by atoms with Gasteiger partial charge in [0.25, 0.3) is 5.91 Å². The number of carbonyl (C=O) groups is 2. The number of carbonyl (C=O) groups excluding carboxylic acids is 2. The van der Waals surface area contributed by atoms with Gasteiger partial charge in [0.2, 0.25) is 6.17 Å². The van der Waals surface area contributed by atoms with E-state index < -0.39 is 18.2 Å². The molecule has 0 spiro atoms. The van der Waals surface area contributed by atoms with E-state index in [2.05, 4.69) is 10.3 Å². The topological polar surface area (TPSA) is 71.0 Å². The number of aliphatic imine (C=N–C) groups is 1. The second-order valence-corrected chi connectivity index (χ2v) is 6.91. The molecule has 1 heterocycles. The summed E-state index contributed by atoms with van der Waals surface area (Å²) in [5.41, 5.74) is 2.66. The van der Waals surface area contributed by atoms with E-state index in [1.54, 1.807) is 24.3 Å². The lowest BCUT2D eigenvalue weighted by Crippen LogP contribution is -2.45. The lowest BCUT2D eigenvalue weighted by atomic mass is 10.1. The number of halogens is 1. The number of nitrogens with zero attached hydrogens (tertiary/aromatic N) is 2. The second kappa shape index (κ2) is 8.80. The summed E-state index contributed by atoms with van der Waals surface area (Å²) < 4.78 is 5.24. The van der Waals surface area contributed by atoms with Crippen molar-refractivity contribution >= 4 is 40.1 Å². The minimum atomic E-state index is -1.23. The van der Waals surface area contributed by atoms with Crippen LogP contribution in [0.4, 0.5) is 16.2 Å². The van der Waals surface area contributed by atoms with Gasteiger partial charge in [0.05, 0.1) is 5.69 Å². The van der Waals surface area contributed by atoms with Crippen molar-refractivity contribution in [3.05, 3.63) is 96.1 Å². The van der Waals surface area contributed by atoms with E-state index in [-0.39, 0.29) is 11.8 Å². The van der Waals surface area contributed by atoms with Crippen LogP contribution in [0, 0.1) is 0 Å². The maximum absolute atomic E-state index is 13.4. The molecule has 0 radical (unpaired) electrons. The first-order chi connectivity index (χ1) is 14.6. The molecule has 3 aromatic rings. The molecule has 0 bridgehead atoms. The van der Waals surface area contributed by atoms with E-state index >= 15 is 0 Å². The smallest absolute Gasteiger partial charge is 0.409 e. The Balaban J connectivity index is 1.60. The van der Waals surface area contributed by atoms with Crippen molar-refractivity contribution in [1.82, 2.24) is 5.32 Å². The molecule has 1 N–H and O–H groups in total. The van der Waals surface area contributed by atoms with Crippen LogP contribution in [-0.4, -0.2) is 23.3 Å². The average molecular weight is 420 g/mol. The minimum Gasteiger partial charge on any atom is -0.445 e. The van der Waals surface area contributed by atoms with Crippen molar-refractivity contribution in [2.24, 2.45) is 4.99 Å². The van der Waals surface area contributed by atoms with Gasteiger partial charge in [0.1, 0.15) is 11.8 Å². The summed E-state index contributed by atoms with van der Waals surface area (Å²) in [6.45, 7) is 0.0770. The zero-order valence-electron chi connectivity index (χ0n) is 15.9. The fourth-order valence-corrected chi connectivity index (χ4v) is 3.39. The van der Waals surface area contributed by atoms with Crippen LogP contribution in [-0.2, 0) is 16.1 Å². The average Bonchev–Trinajstić information content (AvgIpc) is 2.88. The molecule has 0 saturated carbocycles. The molecule has 7 heteroatoms. The Morgan fingerprint density at radius 2 is 1.60 bits per heavy atom. The van der Waals surface area contributed by atoms with Crippen LogP contribution in [0.25, 0.3) is 0 Å². The zero-order chi connectivity index (χ0) is 20.9. The van der Waals surface area contributed by atoms with Crippen LogP contribution in [0.1, 0.15) is 11.1 Å². The van der Waals surface area contributed by atoms with Crippen LogP contribution in [0.3, 0.4) is 0 Å². The van der Waals surface area contributed by atoms with Crippen molar-refractivity contribution in [2.75, 3.05) is 4.90 Å². The van der Waals surface area contributed by atoms with E-state index in [0.29, 0.717) is 16.9 Å². The number of ether oxygens (including phenoxy) is 1. The van der Waals surface area contributed by atoms with E-state index in [1.807, 2.05) is 60.7 Å². The molecule has 0 fully saturated rings. The number of fused-ring (bicyclic) bond motifs is 1. The largest absolute Gasteiger partial charge is 0.445 e. The van der Waals surface area contributed by atoms with Gasteiger partial charge in [-0.25, -0.2) is 9.79 Å². The van der Waals surface area contributed by atoms with Crippen molar-refractivity contribution in [2.45, 2.75) is 12.8 Å². The molecule has 1 aliphatic rings. The number of hydrogen-bond donors (Lipinski definition) is 1. The third-order valence-corrected chi connectivity index (χ3v) is 4.85. The lowest BCUT2D eigenvalue weighted by molar-refractivity contribution is -0.119. The van der Waals surface area contributed by atoms with Gasteiger partial charge < -0.3 is 4.74 Å². The molecule has 3 aromatic carbocycles. The highest BCUT2D eigenvalue weighted by atomic mass is 35.5. The van der Waals surface area contributed by atoms with Gasteiger partial charge in [-0.1, -0.05) is 72.3 Å². The first-order valence-electron chi connectivity index (χ1n) is 9.32. The van der Waals surface area contributed by atoms with Crippen molar-refractivity contribution in [3.63, 3.8) is 0 Å². The molecule has 0 aromatic heterocycles. The monoisotopic (exact) mass is 419 g/mol. The number of alkyl carbamates (subject to hydrolysis) is 1. The molecular formula is C23H18ClN3O3. The number of anilines is 2. The third-order valence-electron chi connectivity index (χ3n) is 4.55. The minimum absolute atomic E-state index is 0.0770. The summed E-state index contributed by atoms with van der Waals surface area (Å²) in [7, 11) is 0. The lowest BCUT2D eigenvalue weighted by Gasteiger charge is -2.25. The van der Waals surface area contributed by atoms with Crippen LogP contribution < -0.4 is 10.2 Å². The Hall–Kier alpha value is -3.64. The maximum Gasteiger partial charge on any atom is 0.409 e. The molecule has 4 rings (SSSR count). The molecular weight excluding hydrogens is 402 g/mol. The molecule has 30 heavy (non-hydrogen) atoms. The summed E-state index contributed by atoms with van der Waals surface area (Å²) in [5.74, 6) is -0.444. The number of nitrogens with one attached hydrogen (secondary N) is 1. The number of para-hydroxylation sites is 2. The van der Waals surface area contributed by atoms with Crippen LogP contribution in [0.5, 0.6) is 0 Å². The summed E-state index contributed by atoms with van der Waals surface area (Å²) in [6, 6.07) is 25.6. The quantitative estimate of drug-likeness (QED) is 0.671. The summed E-state index contributed by atoms with van der Waals surface area (Å²) in [5, 5.41) is 2.65. The van der Waals surface area contributed by atoms with Crippen molar-refractivity contribution < 1.29 is 14.3 Å². The molecule has 150 valence electrons. The zero-order valence-corrected chi connectivity index (χ0v) is 16.6. The van der Waals surface area contributed by atoms with E-state index in [4.69, 9.17) is 16.3 Å². The number of amides is 2. The molecule has 2 amide bonds. The molecule has 1 aliphatic heterocycles. The Labute approximate surface area is 178 Å². The molecule has 0 aliphatic carbocycles. The molecule has 1 atom stereocenters. The molecule has 6 nitrogen and oxygen atoms in total. The Morgan fingerprint density at radius 1 is 0.967 bits per heavy atom. The summed E-state index contributed by atoms with van der Waals surface area (Å²) in [4.78, 5) is 31.4. The fourth-order valence-electron chi connectivity index (χ4n) is 3.14. The van der Waals surface area contributed by atoms with Crippen molar-refractivity contribution in [3.8, 4) is 0 Å². The molecule has 0 saturated heterocycles. The molecule has 1 unspecified atom stereocenters. The van der Waals surface area contributed by atoms with Gasteiger partial charge in [-0.05, 0) is 29.8 Å². The number of benzodiazepines with no additional fused rings is 1. The number of rotatable bonds is 4. The highest BCUT2D eigenvalue weighted by Crippen LogP contribution is 2.33. The standard InChI is InChI=1S/C23H18ClN3O3/c24-20-18-13-7-8-14-19(18)27(17-11-5-2-6-12-17)22(28)21(25-20)26-23(29)30-15-16-9-3-1-4-10-16/h1-14,21H,15H2,(H,26,29). The Morgan fingerprint density at radius 3 is 2.33 bits per heavy atom. The Bertz CT molecular complexity index is 1090. The van der Waals surface area contributed by atoms with Gasteiger partial charge in [0.15, 0.2) is 0 Å². The van der Waals surface area contributed by atoms with Gasteiger partial charge in [-0.2, -0.15) is 0 Å². The predicted molar refractivity (Wildman–Crippen MR) is 116 cm³/mol. The number of benzene rings is 3. The first kappa shape index (κ1) is 19.7. The highest BCUT2D eigenvalue weighted by molar-refractivity contribution is 6.70. The Kier molecular flexibility index (Phi) is 5.77. The van der Waals surface area contributed by atoms with Gasteiger partial charge in [0, 0.05) is 11.3 Å². The van der Waals surface area contributed by atoms with Gasteiger partial charge in [-0.15, -0.1) is 0 Å². The first-order valence-corrected chi connectivity index (χ1v) is 9.70. The highest BCUT2D eigenvalue weighted by Gasteiger charge is 2.33. The predicted octanol–water partition coefficient (Wildman–Crippen LogP) is 4.60. The fraction of sp³-hybridized carbons (Fsp3) is 0.0870. The van der Waals surface area contributed by atoms with Crippen LogP contribution in [0.15, 0.2) is 89.9 Å². The van der Waals surface area contributed by atoms with Crippen LogP contribution >= 0.6 is 11.6 Å².